The smallest absolute Gasteiger partial charge is 0.411 e. The molecule has 2 amide bonds. The fourth-order valence-electron chi connectivity index (χ4n) is 3.45. The molecule has 0 bridgehead atoms. The maximum Gasteiger partial charge on any atom is 0.411 e. The molecule has 0 radical (unpaired) electrons. The number of amides is 2. The molecule has 1 saturated carbocycles. The fraction of sp³-hybridized carbons (Fsp3) is 0.579. The molecule has 136 valence electrons. The number of nitrogens with one attached hydrogen (secondary N) is 1. The van der Waals surface area contributed by atoms with Gasteiger partial charge in [0.1, 0.15) is 12.4 Å². The zero-order valence-corrected chi connectivity index (χ0v) is 14.8. The van der Waals surface area contributed by atoms with Crippen LogP contribution < -0.4 is 10.1 Å². The molecule has 3 rings (SSSR count). The van der Waals surface area contributed by atoms with Crippen LogP contribution >= 0.6 is 0 Å². The molecule has 2 aliphatic rings. The van der Waals surface area contributed by atoms with Crippen molar-refractivity contribution in [3.05, 3.63) is 23.8 Å². The molecule has 0 spiro atoms. The summed E-state index contributed by atoms with van der Waals surface area (Å²) >= 11 is 0. The van der Waals surface area contributed by atoms with Crippen molar-refractivity contribution in [2.24, 2.45) is 0 Å². The molecule has 6 nitrogen and oxygen atoms in total. The monoisotopic (exact) mass is 346 g/mol. The second-order valence-electron chi connectivity index (χ2n) is 6.77. The molecule has 6 heteroatoms. The van der Waals surface area contributed by atoms with Crippen LogP contribution in [-0.2, 0) is 16.1 Å². The highest BCUT2D eigenvalue weighted by Gasteiger charge is 2.21. The molecule has 1 N–H and O–H groups in total. The van der Waals surface area contributed by atoms with E-state index in [0.29, 0.717) is 25.5 Å². The molecule has 0 saturated heterocycles. The minimum absolute atomic E-state index is 0.206. The van der Waals surface area contributed by atoms with E-state index in [0.717, 1.165) is 29.8 Å². The Morgan fingerprint density at radius 2 is 2.12 bits per heavy atom. The summed E-state index contributed by atoms with van der Waals surface area (Å²) in [5.74, 6) is 0.934. The molecular weight excluding hydrogens is 320 g/mol. The number of benzene rings is 1. The molecule has 1 fully saturated rings. The third-order valence-electron chi connectivity index (χ3n) is 4.99. The number of hydrogen-bond donors (Lipinski definition) is 1. The lowest BCUT2D eigenvalue weighted by Gasteiger charge is -2.31. The van der Waals surface area contributed by atoms with Crippen LogP contribution in [0.1, 0.15) is 50.5 Å². The van der Waals surface area contributed by atoms with Crippen molar-refractivity contribution >= 4 is 17.7 Å². The van der Waals surface area contributed by atoms with Gasteiger partial charge in [-0.25, -0.2) is 4.79 Å². The van der Waals surface area contributed by atoms with Crippen LogP contribution in [0.3, 0.4) is 0 Å². The predicted molar refractivity (Wildman–Crippen MR) is 94.6 cm³/mol. The van der Waals surface area contributed by atoms with Gasteiger partial charge in [-0.2, -0.15) is 0 Å². The van der Waals surface area contributed by atoms with Crippen LogP contribution in [0.4, 0.5) is 10.5 Å². The lowest BCUT2D eigenvalue weighted by atomic mass is 9.94. The van der Waals surface area contributed by atoms with Crippen molar-refractivity contribution < 1.29 is 19.1 Å². The average molecular weight is 346 g/mol. The Morgan fingerprint density at radius 1 is 1.32 bits per heavy atom. The van der Waals surface area contributed by atoms with Crippen LogP contribution in [-0.4, -0.2) is 36.6 Å². The van der Waals surface area contributed by atoms with E-state index < -0.39 is 6.09 Å². The Labute approximate surface area is 148 Å². The average Bonchev–Trinajstić information content (AvgIpc) is 2.65. The van der Waals surface area contributed by atoms with E-state index in [1.807, 2.05) is 30.1 Å². The Kier molecular flexibility index (Phi) is 5.79. The fourth-order valence-corrected chi connectivity index (χ4v) is 3.45. The maximum atomic E-state index is 12.3. The number of ether oxygens (including phenoxy) is 2. The number of hydrogen-bond acceptors (Lipinski definition) is 4. The first kappa shape index (κ1) is 17.6. The molecule has 25 heavy (non-hydrogen) atoms. The van der Waals surface area contributed by atoms with Gasteiger partial charge in [0.25, 0.3) is 0 Å². The molecular formula is C19H26N2O4. The number of fused-ring (bicyclic) bond motifs is 1. The first-order chi connectivity index (χ1) is 12.1. The topological polar surface area (TPSA) is 67.9 Å². The Hall–Kier alpha value is -2.24. The molecule has 1 aromatic rings. The summed E-state index contributed by atoms with van der Waals surface area (Å²) in [6, 6.07) is 5.91. The van der Waals surface area contributed by atoms with Gasteiger partial charge >= 0.3 is 6.09 Å². The van der Waals surface area contributed by atoms with E-state index in [-0.39, 0.29) is 12.5 Å². The molecule has 1 aliphatic carbocycles. The van der Waals surface area contributed by atoms with Gasteiger partial charge in [0.05, 0.1) is 12.3 Å². The van der Waals surface area contributed by atoms with Gasteiger partial charge in [-0.3, -0.25) is 10.1 Å². The van der Waals surface area contributed by atoms with Gasteiger partial charge in [-0.15, -0.1) is 0 Å². The molecule has 0 atom stereocenters. The summed E-state index contributed by atoms with van der Waals surface area (Å²) in [5, 5.41) is 2.65. The maximum absolute atomic E-state index is 12.3. The third-order valence-corrected chi connectivity index (χ3v) is 4.99. The standard InChI is InChI=1S/C19H26N2O4/c1-21(15-6-3-2-4-7-15)18(22)8-5-11-24-16-9-10-17-14(12-16)13-25-19(23)20-17/h9-10,12,15H,2-8,11,13H2,1H3,(H,20,23). The van der Waals surface area contributed by atoms with Gasteiger partial charge in [0.15, 0.2) is 0 Å². The van der Waals surface area contributed by atoms with Crippen LogP contribution in [0.2, 0.25) is 0 Å². The summed E-state index contributed by atoms with van der Waals surface area (Å²) in [4.78, 5) is 25.4. The summed E-state index contributed by atoms with van der Waals surface area (Å²) in [7, 11) is 1.93. The summed E-state index contributed by atoms with van der Waals surface area (Å²) in [6.45, 7) is 0.749. The Bertz CT molecular complexity index is 626. The van der Waals surface area contributed by atoms with E-state index in [9.17, 15) is 9.59 Å². The SMILES string of the molecule is CN(C(=O)CCCOc1ccc2c(c1)COC(=O)N2)C1CCCCC1. The Balaban J connectivity index is 1.41. The van der Waals surface area contributed by atoms with Crippen molar-refractivity contribution in [1.82, 2.24) is 4.90 Å². The van der Waals surface area contributed by atoms with E-state index in [4.69, 9.17) is 9.47 Å². The van der Waals surface area contributed by atoms with Gasteiger partial charge in [-0.05, 0) is 37.5 Å². The van der Waals surface area contributed by atoms with Gasteiger partial charge in [0.2, 0.25) is 5.91 Å². The quantitative estimate of drug-likeness (QED) is 0.798. The van der Waals surface area contributed by atoms with Crippen LogP contribution in [0.5, 0.6) is 5.75 Å². The number of anilines is 1. The summed E-state index contributed by atoms with van der Waals surface area (Å²) < 4.78 is 10.7. The molecule has 0 aromatic heterocycles. The van der Waals surface area contributed by atoms with Crippen LogP contribution in [0.15, 0.2) is 18.2 Å². The largest absolute Gasteiger partial charge is 0.494 e. The van der Waals surface area contributed by atoms with Crippen molar-refractivity contribution in [2.45, 2.75) is 57.6 Å². The van der Waals surface area contributed by atoms with E-state index in [1.54, 1.807) is 0 Å². The normalized spacial score (nSPS) is 17.2. The van der Waals surface area contributed by atoms with E-state index >= 15 is 0 Å². The number of nitrogens with zero attached hydrogens (tertiary/aromatic N) is 1. The van der Waals surface area contributed by atoms with E-state index in [2.05, 4.69) is 5.32 Å². The van der Waals surface area contributed by atoms with Crippen molar-refractivity contribution in [3.63, 3.8) is 0 Å². The van der Waals surface area contributed by atoms with E-state index in [1.165, 1.54) is 19.3 Å². The minimum Gasteiger partial charge on any atom is -0.494 e. The summed E-state index contributed by atoms with van der Waals surface area (Å²) in [5.41, 5.74) is 1.65. The third kappa shape index (κ3) is 4.65. The lowest BCUT2D eigenvalue weighted by Crippen LogP contribution is -2.38. The zero-order valence-electron chi connectivity index (χ0n) is 14.8. The molecule has 1 heterocycles. The lowest BCUT2D eigenvalue weighted by molar-refractivity contribution is -0.132. The highest BCUT2D eigenvalue weighted by Crippen LogP contribution is 2.26. The number of carbonyl (C=O) groups is 2. The second kappa shape index (κ2) is 8.23. The molecule has 0 unspecified atom stereocenters. The summed E-state index contributed by atoms with van der Waals surface area (Å²) in [6.07, 6.45) is 6.79. The zero-order chi connectivity index (χ0) is 17.6. The second-order valence-corrected chi connectivity index (χ2v) is 6.77. The highest BCUT2D eigenvalue weighted by molar-refractivity contribution is 5.87. The number of cyclic esters (lactones) is 1. The van der Waals surface area contributed by atoms with Crippen molar-refractivity contribution in [3.8, 4) is 5.75 Å². The van der Waals surface area contributed by atoms with Gasteiger partial charge < -0.3 is 14.4 Å². The molecule has 1 aliphatic heterocycles. The minimum atomic E-state index is -0.429. The Morgan fingerprint density at radius 3 is 2.92 bits per heavy atom. The highest BCUT2D eigenvalue weighted by atomic mass is 16.5. The number of carbonyl (C=O) groups excluding carboxylic acids is 2. The van der Waals surface area contributed by atoms with Crippen molar-refractivity contribution in [2.75, 3.05) is 19.0 Å². The first-order valence-corrected chi connectivity index (χ1v) is 9.08. The van der Waals surface area contributed by atoms with Crippen LogP contribution in [0.25, 0.3) is 0 Å². The molecule has 1 aromatic carbocycles. The van der Waals surface area contributed by atoms with Gasteiger partial charge in [0, 0.05) is 25.1 Å². The number of rotatable bonds is 6. The predicted octanol–water partition coefficient (Wildman–Crippen LogP) is 3.70. The van der Waals surface area contributed by atoms with Crippen molar-refractivity contribution in [1.29, 1.82) is 0 Å². The van der Waals surface area contributed by atoms with Crippen LogP contribution in [0, 0.1) is 0 Å². The van der Waals surface area contributed by atoms with Gasteiger partial charge in [-0.1, -0.05) is 19.3 Å². The first-order valence-electron chi connectivity index (χ1n) is 9.08.